The Bertz CT molecular complexity index is 858. The van der Waals surface area contributed by atoms with Crippen LogP contribution in [0.5, 0.6) is 0 Å². The molecule has 184 valence electrons. The van der Waals surface area contributed by atoms with Gasteiger partial charge in [-0.15, -0.1) is 0 Å². The third-order valence-electron chi connectivity index (χ3n) is 9.00. The third-order valence-corrected chi connectivity index (χ3v) is 9.00. The molecule has 2 aliphatic carbocycles. The molecular weight excluding hydrogens is 430 g/mol. The van der Waals surface area contributed by atoms with E-state index in [1.54, 1.807) is 0 Å². The Kier molecular flexibility index (Phi) is 6.00. The minimum absolute atomic E-state index is 0.00178. The molecule has 4 heterocycles. The number of carbonyl (C=O) groups excluding carboxylic acids is 1. The first-order valence-electron chi connectivity index (χ1n) is 12.6. The fourth-order valence-electron chi connectivity index (χ4n) is 6.61. The van der Waals surface area contributed by atoms with Crippen molar-refractivity contribution < 1.29 is 23.2 Å². The van der Waals surface area contributed by atoms with Crippen molar-refractivity contribution in [2.75, 3.05) is 13.1 Å². The summed E-state index contributed by atoms with van der Waals surface area (Å²) in [6.07, 6.45) is 4.23. The molecule has 3 saturated heterocycles. The number of carbonyl (C=O) groups is 1. The lowest BCUT2D eigenvalue weighted by atomic mass is 9.69. The number of likely N-dealkylation sites (tertiary alicyclic amines) is 1. The molecule has 9 heteroatoms. The van der Waals surface area contributed by atoms with Gasteiger partial charge in [-0.05, 0) is 50.9 Å². The molecule has 5 fully saturated rings. The van der Waals surface area contributed by atoms with Gasteiger partial charge >= 0.3 is 0 Å². The van der Waals surface area contributed by atoms with E-state index in [0.717, 1.165) is 32.1 Å². The summed E-state index contributed by atoms with van der Waals surface area (Å²) in [6.45, 7) is 5.52. The molecule has 2 bridgehead atoms. The van der Waals surface area contributed by atoms with Gasteiger partial charge in [0.25, 0.3) is 0 Å². The second-order valence-electron chi connectivity index (χ2n) is 11.1. The van der Waals surface area contributed by atoms with Crippen LogP contribution < -0.4 is 5.32 Å². The first-order chi connectivity index (χ1) is 15.7. The number of aromatic nitrogens is 2. The summed E-state index contributed by atoms with van der Waals surface area (Å²) in [6, 6.07) is -0.0590. The molecule has 0 radical (unpaired) electrons. The van der Waals surface area contributed by atoms with Crippen molar-refractivity contribution in [2.45, 2.75) is 107 Å². The Morgan fingerprint density at radius 3 is 2.45 bits per heavy atom. The van der Waals surface area contributed by atoms with E-state index in [1.165, 1.54) is 0 Å². The standard InChI is InChI=1S/C24H36F2N4O3/c1-14(2)23(22-28-20(33-29-22)15-5-7-24(25,26)8-6-15)9-11-30(12-10-23)21(32)19-17-4-3-16(27-19)13-18(17)31/h14-19,27,31H,3-13H2,1-2H3/t16-,17+,18+,19-/m0/s1. The molecule has 1 amide bonds. The summed E-state index contributed by atoms with van der Waals surface area (Å²) in [5.41, 5.74) is -0.296. The minimum atomic E-state index is -2.58. The zero-order valence-electron chi connectivity index (χ0n) is 19.6. The summed E-state index contributed by atoms with van der Waals surface area (Å²) in [5, 5.41) is 18.2. The average molecular weight is 467 g/mol. The van der Waals surface area contributed by atoms with Gasteiger partial charge in [-0.3, -0.25) is 4.79 Å². The van der Waals surface area contributed by atoms with Gasteiger partial charge in [0, 0.05) is 49.2 Å². The molecule has 2 N–H and O–H groups in total. The summed E-state index contributed by atoms with van der Waals surface area (Å²) in [7, 11) is 0. The molecule has 33 heavy (non-hydrogen) atoms. The van der Waals surface area contributed by atoms with Crippen molar-refractivity contribution in [2.24, 2.45) is 11.8 Å². The lowest BCUT2D eigenvalue weighted by Crippen LogP contribution is -2.64. The topological polar surface area (TPSA) is 91.5 Å². The Morgan fingerprint density at radius 1 is 1.15 bits per heavy atom. The molecule has 0 unspecified atom stereocenters. The monoisotopic (exact) mass is 466 g/mol. The van der Waals surface area contributed by atoms with Gasteiger partial charge in [-0.2, -0.15) is 4.98 Å². The van der Waals surface area contributed by atoms with E-state index in [0.29, 0.717) is 37.6 Å². The van der Waals surface area contributed by atoms with Crippen molar-refractivity contribution in [3.05, 3.63) is 11.7 Å². The van der Waals surface area contributed by atoms with Gasteiger partial charge in [0.1, 0.15) is 0 Å². The first-order valence-corrected chi connectivity index (χ1v) is 12.6. The van der Waals surface area contributed by atoms with Crippen LogP contribution in [0.15, 0.2) is 4.52 Å². The lowest BCUT2D eigenvalue weighted by molar-refractivity contribution is -0.142. The number of amides is 1. The number of hydrogen-bond acceptors (Lipinski definition) is 6. The van der Waals surface area contributed by atoms with Crippen molar-refractivity contribution in [1.29, 1.82) is 0 Å². The largest absolute Gasteiger partial charge is 0.393 e. The number of piperidine rings is 3. The van der Waals surface area contributed by atoms with Crippen LogP contribution in [0, 0.1) is 11.8 Å². The first kappa shape index (κ1) is 23.1. The Labute approximate surface area is 193 Å². The molecule has 1 aromatic heterocycles. The number of hydrogen-bond donors (Lipinski definition) is 2. The van der Waals surface area contributed by atoms with E-state index < -0.39 is 12.0 Å². The highest BCUT2D eigenvalue weighted by atomic mass is 19.3. The van der Waals surface area contributed by atoms with Crippen LogP contribution in [0.4, 0.5) is 8.78 Å². The maximum absolute atomic E-state index is 13.5. The normalized spacial score (nSPS) is 34.1. The SMILES string of the molecule is CC(C)C1(c2noc(C3CCC(F)(F)CC3)n2)CCN(C(=O)[C@H]2N[C@H]3CC[C@@H]2[C@H](O)C3)CC1. The van der Waals surface area contributed by atoms with Gasteiger partial charge in [-0.1, -0.05) is 19.0 Å². The van der Waals surface area contributed by atoms with E-state index in [9.17, 15) is 18.7 Å². The molecule has 1 aromatic rings. The summed E-state index contributed by atoms with van der Waals surface area (Å²) >= 11 is 0. The molecule has 4 atom stereocenters. The summed E-state index contributed by atoms with van der Waals surface area (Å²) in [4.78, 5) is 20.0. The maximum Gasteiger partial charge on any atom is 0.248 e. The minimum Gasteiger partial charge on any atom is -0.393 e. The van der Waals surface area contributed by atoms with E-state index in [2.05, 4.69) is 24.3 Å². The number of nitrogens with one attached hydrogen (secondary N) is 1. The summed E-state index contributed by atoms with van der Waals surface area (Å²) < 4.78 is 32.7. The number of aliphatic hydroxyl groups excluding tert-OH is 1. The van der Waals surface area contributed by atoms with Crippen LogP contribution in [-0.4, -0.2) is 63.3 Å². The average Bonchev–Trinajstić information content (AvgIpc) is 3.29. The van der Waals surface area contributed by atoms with E-state index in [4.69, 9.17) is 9.51 Å². The molecule has 6 rings (SSSR count). The molecular formula is C24H36F2N4O3. The quantitative estimate of drug-likeness (QED) is 0.707. The van der Waals surface area contributed by atoms with Crippen molar-refractivity contribution in [3.8, 4) is 0 Å². The molecule has 3 aliphatic heterocycles. The second kappa shape index (κ2) is 8.56. The summed E-state index contributed by atoms with van der Waals surface area (Å²) in [5.74, 6) is -1.20. The van der Waals surface area contributed by atoms with Crippen LogP contribution in [0.3, 0.4) is 0 Å². The van der Waals surface area contributed by atoms with Gasteiger partial charge in [0.15, 0.2) is 5.82 Å². The zero-order valence-corrected chi connectivity index (χ0v) is 19.6. The number of halogens is 2. The van der Waals surface area contributed by atoms with Gasteiger partial charge < -0.3 is 19.8 Å². The predicted molar refractivity (Wildman–Crippen MR) is 117 cm³/mol. The highest BCUT2D eigenvalue weighted by Crippen LogP contribution is 2.44. The fraction of sp³-hybridized carbons (Fsp3) is 0.875. The second-order valence-corrected chi connectivity index (χ2v) is 11.1. The zero-order chi connectivity index (χ0) is 23.4. The Balaban J connectivity index is 1.26. The molecule has 0 aromatic carbocycles. The van der Waals surface area contributed by atoms with Crippen molar-refractivity contribution in [1.82, 2.24) is 20.4 Å². The molecule has 0 spiro atoms. The highest BCUT2D eigenvalue weighted by Gasteiger charge is 2.49. The van der Waals surface area contributed by atoms with E-state index >= 15 is 0 Å². The van der Waals surface area contributed by atoms with Crippen LogP contribution >= 0.6 is 0 Å². The number of nitrogens with zero attached hydrogens (tertiary/aromatic N) is 3. The van der Waals surface area contributed by atoms with Gasteiger partial charge in [0.05, 0.1) is 12.1 Å². The molecule has 2 saturated carbocycles. The van der Waals surface area contributed by atoms with Gasteiger partial charge in [-0.25, -0.2) is 8.78 Å². The van der Waals surface area contributed by atoms with Crippen molar-refractivity contribution >= 4 is 5.91 Å². The number of alkyl halides is 2. The smallest absolute Gasteiger partial charge is 0.248 e. The number of fused-ring (bicyclic) bond motifs is 3. The predicted octanol–water partition coefficient (Wildman–Crippen LogP) is 3.38. The number of aliphatic hydroxyl groups is 1. The molecule has 7 nitrogen and oxygen atoms in total. The third kappa shape index (κ3) is 4.20. The Morgan fingerprint density at radius 2 is 1.85 bits per heavy atom. The van der Waals surface area contributed by atoms with Crippen LogP contribution in [0.2, 0.25) is 0 Å². The number of rotatable bonds is 4. The molecule has 5 aliphatic rings. The van der Waals surface area contributed by atoms with E-state index in [1.807, 2.05) is 4.90 Å². The lowest BCUT2D eigenvalue weighted by Gasteiger charge is -2.48. The van der Waals surface area contributed by atoms with Crippen LogP contribution in [0.1, 0.15) is 89.3 Å². The van der Waals surface area contributed by atoms with Crippen LogP contribution in [-0.2, 0) is 10.2 Å². The van der Waals surface area contributed by atoms with Crippen molar-refractivity contribution in [3.63, 3.8) is 0 Å². The fourth-order valence-corrected chi connectivity index (χ4v) is 6.61. The maximum atomic E-state index is 13.5. The Hall–Kier alpha value is -1.61. The van der Waals surface area contributed by atoms with Gasteiger partial charge in [0.2, 0.25) is 17.7 Å². The van der Waals surface area contributed by atoms with Crippen LogP contribution in [0.25, 0.3) is 0 Å². The highest BCUT2D eigenvalue weighted by molar-refractivity contribution is 5.83. The van der Waals surface area contributed by atoms with E-state index in [-0.39, 0.29) is 54.0 Å².